The molecule has 0 saturated heterocycles. The fourth-order valence-corrected chi connectivity index (χ4v) is 2.83. The second-order valence-electron chi connectivity index (χ2n) is 6.41. The Hall–Kier alpha value is -3.10. The van der Waals surface area contributed by atoms with Crippen molar-refractivity contribution in [3.63, 3.8) is 0 Å². The van der Waals surface area contributed by atoms with Crippen LogP contribution >= 0.6 is 0 Å². The van der Waals surface area contributed by atoms with Crippen LogP contribution in [0.2, 0.25) is 0 Å². The summed E-state index contributed by atoms with van der Waals surface area (Å²) < 4.78 is 14.9. The molecule has 0 amide bonds. The molecule has 28 heavy (non-hydrogen) atoms. The molecule has 8 heteroatoms. The first-order valence-corrected chi connectivity index (χ1v) is 8.81. The van der Waals surface area contributed by atoms with E-state index in [0.717, 1.165) is 0 Å². The van der Waals surface area contributed by atoms with E-state index in [2.05, 4.69) is 15.3 Å². The lowest BCUT2D eigenvalue weighted by Gasteiger charge is -2.18. The van der Waals surface area contributed by atoms with Crippen LogP contribution in [0, 0.1) is 5.82 Å². The van der Waals surface area contributed by atoms with Crippen molar-refractivity contribution in [1.29, 1.82) is 0 Å². The summed E-state index contributed by atoms with van der Waals surface area (Å²) in [5.74, 6) is -0.0880. The van der Waals surface area contributed by atoms with Crippen molar-refractivity contribution >= 4 is 5.95 Å². The standard InChI is InChI=1S/C20H21FN4O3/c1-13(11-26)23-20-22-7-5-17(24-20)14-6-8-25(19(28)10-14)18(12-27)15-3-2-4-16(21)9-15/h2-10,13,18,26-27H,11-12H2,1H3,(H,22,23,24)/t13-,18?/m0/s1. The number of nitrogens with one attached hydrogen (secondary N) is 1. The van der Waals surface area contributed by atoms with E-state index < -0.39 is 11.9 Å². The lowest BCUT2D eigenvalue weighted by molar-refractivity contribution is 0.247. The quantitative estimate of drug-likeness (QED) is 0.575. The highest BCUT2D eigenvalue weighted by Gasteiger charge is 2.15. The van der Waals surface area contributed by atoms with Crippen LogP contribution in [0.4, 0.5) is 10.3 Å². The zero-order valence-corrected chi connectivity index (χ0v) is 15.3. The molecule has 2 atom stereocenters. The normalized spacial score (nSPS) is 13.1. The molecular weight excluding hydrogens is 363 g/mol. The Kier molecular flexibility index (Phi) is 6.13. The van der Waals surface area contributed by atoms with E-state index in [4.69, 9.17) is 5.11 Å². The second-order valence-corrected chi connectivity index (χ2v) is 6.41. The number of aromatic nitrogens is 3. The van der Waals surface area contributed by atoms with Crippen molar-refractivity contribution < 1.29 is 14.6 Å². The Balaban J connectivity index is 1.92. The van der Waals surface area contributed by atoms with Crippen molar-refractivity contribution in [3.8, 4) is 11.3 Å². The number of anilines is 1. The fourth-order valence-electron chi connectivity index (χ4n) is 2.83. The zero-order valence-electron chi connectivity index (χ0n) is 15.3. The van der Waals surface area contributed by atoms with E-state index in [1.54, 1.807) is 37.5 Å². The molecule has 3 N–H and O–H groups in total. The summed E-state index contributed by atoms with van der Waals surface area (Å²) in [4.78, 5) is 21.1. The average Bonchev–Trinajstić information content (AvgIpc) is 2.70. The van der Waals surface area contributed by atoms with Crippen LogP contribution in [0.15, 0.2) is 59.7 Å². The molecule has 0 spiro atoms. The molecule has 1 unspecified atom stereocenters. The lowest BCUT2D eigenvalue weighted by Crippen LogP contribution is -2.27. The number of hydrogen-bond acceptors (Lipinski definition) is 6. The first kappa shape index (κ1) is 19.7. The van der Waals surface area contributed by atoms with Crippen LogP contribution in [0.25, 0.3) is 11.3 Å². The van der Waals surface area contributed by atoms with Crippen molar-refractivity contribution in [3.05, 3.63) is 76.6 Å². The van der Waals surface area contributed by atoms with Gasteiger partial charge in [-0.15, -0.1) is 0 Å². The Morgan fingerprint density at radius 2 is 2.00 bits per heavy atom. The van der Waals surface area contributed by atoms with E-state index in [-0.39, 0.29) is 24.8 Å². The molecule has 0 radical (unpaired) electrons. The number of benzene rings is 1. The molecule has 0 saturated carbocycles. The van der Waals surface area contributed by atoms with Gasteiger partial charge in [-0.05, 0) is 36.8 Å². The molecule has 3 aromatic rings. The number of rotatable bonds is 7. The van der Waals surface area contributed by atoms with Gasteiger partial charge in [0.05, 0.1) is 24.9 Å². The van der Waals surface area contributed by atoms with E-state index >= 15 is 0 Å². The summed E-state index contributed by atoms with van der Waals surface area (Å²) in [6.07, 6.45) is 3.11. The van der Waals surface area contributed by atoms with E-state index in [1.165, 1.54) is 28.8 Å². The van der Waals surface area contributed by atoms with Crippen LogP contribution < -0.4 is 10.9 Å². The molecule has 0 fully saturated rings. The van der Waals surface area contributed by atoms with Crippen LogP contribution in [-0.2, 0) is 0 Å². The van der Waals surface area contributed by atoms with Gasteiger partial charge in [0.15, 0.2) is 0 Å². The number of pyridine rings is 1. The third-order valence-corrected chi connectivity index (χ3v) is 4.29. The van der Waals surface area contributed by atoms with Crippen LogP contribution in [0.5, 0.6) is 0 Å². The van der Waals surface area contributed by atoms with E-state index in [0.29, 0.717) is 22.8 Å². The van der Waals surface area contributed by atoms with Gasteiger partial charge in [0.1, 0.15) is 5.82 Å². The molecule has 7 nitrogen and oxygen atoms in total. The highest BCUT2D eigenvalue weighted by Crippen LogP contribution is 2.20. The maximum Gasteiger partial charge on any atom is 0.251 e. The summed E-state index contributed by atoms with van der Waals surface area (Å²) in [6.45, 7) is 1.38. The lowest BCUT2D eigenvalue weighted by atomic mass is 10.1. The number of nitrogens with zero attached hydrogens (tertiary/aromatic N) is 3. The molecule has 2 aromatic heterocycles. The number of aliphatic hydroxyl groups excluding tert-OH is 2. The van der Waals surface area contributed by atoms with Gasteiger partial charge in [-0.25, -0.2) is 14.4 Å². The second kappa shape index (κ2) is 8.73. The SMILES string of the molecule is C[C@@H](CO)Nc1nccc(-c2ccn(C(CO)c3cccc(F)c3)c(=O)c2)n1. The van der Waals surface area contributed by atoms with Crippen LogP contribution in [-0.4, -0.2) is 44.0 Å². The zero-order chi connectivity index (χ0) is 20.1. The third-order valence-electron chi connectivity index (χ3n) is 4.29. The molecule has 0 bridgehead atoms. The largest absolute Gasteiger partial charge is 0.394 e. The fraction of sp³-hybridized carbons (Fsp3) is 0.250. The summed E-state index contributed by atoms with van der Waals surface area (Å²) >= 11 is 0. The topological polar surface area (TPSA) is 100 Å². The molecule has 2 heterocycles. The van der Waals surface area contributed by atoms with Crippen molar-refractivity contribution in [1.82, 2.24) is 14.5 Å². The van der Waals surface area contributed by atoms with Gasteiger partial charge in [0.25, 0.3) is 5.56 Å². The maximum absolute atomic E-state index is 13.5. The smallest absolute Gasteiger partial charge is 0.251 e. The number of halogens is 1. The summed E-state index contributed by atoms with van der Waals surface area (Å²) in [7, 11) is 0. The van der Waals surface area contributed by atoms with Gasteiger partial charge in [0, 0.05) is 30.1 Å². The van der Waals surface area contributed by atoms with Gasteiger partial charge < -0.3 is 20.1 Å². The maximum atomic E-state index is 13.5. The monoisotopic (exact) mass is 384 g/mol. The summed E-state index contributed by atoms with van der Waals surface area (Å²) in [5, 5.41) is 21.8. The Morgan fingerprint density at radius 3 is 2.68 bits per heavy atom. The molecule has 0 aliphatic carbocycles. The molecule has 146 valence electrons. The Morgan fingerprint density at radius 1 is 1.18 bits per heavy atom. The highest BCUT2D eigenvalue weighted by molar-refractivity contribution is 5.59. The molecular formula is C20H21FN4O3. The first-order valence-electron chi connectivity index (χ1n) is 8.81. The molecule has 0 aliphatic heterocycles. The van der Waals surface area contributed by atoms with E-state index in [9.17, 15) is 14.3 Å². The molecule has 0 aliphatic rings. The highest BCUT2D eigenvalue weighted by atomic mass is 19.1. The molecule has 1 aromatic carbocycles. The first-order chi connectivity index (χ1) is 13.5. The average molecular weight is 384 g/mol. The van der Waals surface area contributed by atoms with Crippen molar-refractivity contribution in [2.24, 2.45) is 0 Å². The number of hydrogen-bond donors (Lipinski definition) is 3. The van der Waals surface area contributed by atoms with Gasteiger partial charge >= 0.3 is 0 Å². The van der Waals surface area contributed by atoms with Crippen molar-refractivity contribution in [2.45, 2.75) is 19.0 Å². The Bertz CT molecular complexity index is 1010. The minimum atomic E-state index is -0.690. The Labute approximate surface area is 161 Å². The van der Waals surface area contributed by atoms with Crippen molar-refractivity contribution in [2.75, 3.05) is 18.5 Å². The third kappa shape index (κ3) is 4.41. The van der Waals surface area contributed by atoms with Gasteiger partial charge in [-0.1, -0.05) is 12.1 Å². The molecule has 3 rings (SSSR count). The minimum absolute atomic E-state index is 0.0632. The summed E-state index contributed by atoms with van der Waals surface area (Å²) in [5.41, 5.74) is 1.28. The van der Waals surface area contributed by atoms with Crippen LogP contribution in [0.1, 0.15) is 18.5 Å². The summed E-state index contributed by atoms with van der Waals surface area (Å²) in [6, 6.07) is 9.68. The predicted molar refractivity (Wildman–Crippen MR) is 104 cm³/mol. The van der Waals surface area contributed by atoms with E-state index in [1.807, 2.05) is 0 Å². The van der Waals surface area contributed by atoms with Gasteiger partial charge in [-0.2, -0.15) is 0 Å². The predicted octanol–water partition coefficient (Wildman–Crippen LogP) is 1.82. The minimum Gasteiger partial charge on any atom is -0.394 e. The van der Waals surface area contributed by atoms with Gasteiger partial charge in [-0.3, -0.25) is 4.79 Å². The van der Waals surface area contributed by atoms with Gasteiger partial charge in [0.2, 0.25) is 5.95 Å². The number of aliphatic hydroxyl groups is 2. The van der Waals surface area contributed by atoms with Crippen LogP contribution in [0.3, 0.4) is 0 Å².